The Bertz CT molecular complexity index is 747. The van der Waals surface area contributed by atoms with Crippen molar-refractivity contribution < 1.29 is 44.0 Å². The minimum atomic E-state index is -1.26. The summed E-state index contributed by atoms with van der Waals surface area (Å²) in [5, 5.41) is 23.2. The number of hydrogen-bond donors (Lipinski definition) is 4. The van der Waals surface area contributed by atoms with Crippen molar-refractivity contribution >= 4 is 29.8 Å². The third kappa shape index (κ3) is 18.4. The SMILES string of the molecule is C=CC(=O)O.CCCc1nccn1N.O=C(O)/C=C\C(=O)O.O=C1C=CC(=O)O1. The van der Waals surface area contributed by atoms with E-state index in [1.165, 1.54) is 0 Å². The van der Waals surface area contributed by atoms with Gasteiger partial charge in [0.05, 0.1) is 0 Å². The number of carbonyl (C=O) groups is 5. The number of cyclic esters (lactones) is 2. The number of carboxylic acid groups (broad SMARTS) is 3. The first kappa shape index (κ1) is 27.0. The summed E-state index contributed by atoms with van der Waals surface area (Å²) in [6.45, 7) is 5.07. The highest BCUT2D eigenvalue weighted by Gasteiger charge is 2.10. The summed E-state index contributed by atoms with van der Waals surface area (Å²) < 4.78 is 5.53. The van der Waals surface area contributed by atoms with Crippen LogP contribution in [0.15, 0.2) is 49.4 Å². The largest absolute Gasteiger partial charge is 0.478 e. The predicted molar refractivity (Wildman–Crippen MR) is 98.9 cm³/mol. The van der Waals surface area contributed by atoms with Crippen LogP contribution in [0.25, 0.3) is 0 Å². The molecule has 1 aliphatic heterocycles. The van der Waals surface area contributed by atoms with Gasteiger partial charge in [0.1, 0.15) is 5.82 Å². The number of aryl methyl sites for hydroxylation is 1. The number of imidazole rings is 1. The van der Waals surface area contributed by atoms with E-state index in [-0.39, 0.29) is 0 Å². The van der Waals surface area contributed by atoms with Crippen molar-refractivity contribution in [1.29, 1.82) is 0 Å². The van der Waals surface area contributed by atoms with Gasteiger partial charge >= 0.3 is 29.8 Å². The maximum absolute atomic E-state index is 9.92. The molecular weight excluding hydrogens is 390 g/mol. The Morgan fingerprint density at radius 1 is 1.10 bits per heavy atom. The Hall–Kier alpha value is -4.22. The number of aliphatic carboxylic acids is 3. The molecule has 2 heterocycles. The van der Waals surface area contributed by atoms with Crippen molar-refractivity contribution in [2.24, 2.45) is 0 Å². The van der Waals surface area contributed by atoms with Crippen LogP contribution in [0.4, 0.5) is 0 Å². The van der Waals surface area contributed by atoms with E-state index in [0.717, 1.165) is 36.9 Å². The molecule has 0 unspecified atom stereocenters. The summed E-state index contributed by atoms with van der Waals surface area (Å²) in [5.74, 6) is 1.78. The monoisotopic (exact) mass is 411 g/mol. The molecule has 0 aromatic carbocycles. The van der Waals surface area contributed by atoms with E-state index in [2.05, 4.69) is 23.2 Å². The molecule has 0 saturated carbocycles. The molecular formula is C17H21N3O9. The van der Waals surface area contributed by atoms with Gasteiger partial charge in [0.25, 0.3) is 0 Å². The Kier molecular flexibility index (Phi) is 14.9. The minimum Gasteiger partial charge on any atom is -0.478 e. The van der Waals surface area contributed by atoms with Crippen LogP contribution in [0.2, 0.25) is 0 Å². The second-order valence-corrected chi connectivity index (χ2v) is 4.63. The molecule has 158 valence electrons. The van der Waals surface area contributed by atoms with Gasteiger partial charge < -0.3 is 25.9 Å². The van der Waals surface area contributed by atoms with E-state index in [9.17, 15) is 24.0 Å². The number of hydrogen-bond acceptors (Lipinski definition) is 8. The molecule has 0 amide bonds. The number of carbonyl (C=O) groups excluding carboxylic acids is 2. The lowest BCUT2D eigenvalue weighted by Gasteiger charge is -1.96. The van der Waals surface area contributed by atoms with Gasteiger partial charge in [-0.25, -0.2) is 29.0 Å². The number of nitrogen functional groups attached to an aromatic ring is 1. The maximum atomic E-state index is 9.92. The quantitative estimate of drug-likeness (QED) is 0.222. The van der Waals surface area contributed by atoms with Crippen molar-refractivity contribution in [3.05, 3.63) is 55.2 Å². The van der Waals surface area contributed by atoms with Gasteiger partial charge in [-0.15, -0.1) is 0 Å². The molecule has 0 bridgehead atoms. The summed E-state index contributed by atoms with van der Waals surface area (Å²) in [6, 6.07) is 0. The minimum absolute atomic E-state index is 0.558. The van der Waals surface area contributed by atoms with Gasteiger partial charge in [0.2, 0.25) is 0 Å². The third-order valence-electron chi connectivity index (χ3n) is 2.32. The standard InChI is InChI=1S/C6H11N3.C4H4O4.C4H2O3.C3H4O2/c1-2-3-6-8-4-5-9(6)7;5-3(6)1-2-4(7)8;5-3-1-2-4(6)7-3;1-2-3(4)5/h4-5H,2-3,7H2,1H3;1-2H,(H,5,6)(H,7,8);1-2H;2H,1H2,(H,4,5)/b;2-1-;;. The van der Waals surface area contributed by atoms with Gasteiger partial charge in [-0.1, -0.05) is 13.5 Å². The van der Waals surface area contributed by atoms with Crippen LogP contribution >= 0.6 is 0 Å². The highest BCUT2D eigenvalue weighted by atomic mass is 16.6. The first-order valence-electron chi connectivity index (χ1n) is 7.73. The number of aromatic nitrogens is 2. The van der Waals surface area contributed by atoms with E-state index in [1.54, 1.807) is 17.1 Å². The third-order valence-corrected chi connectivity index (χ3v) is 2.32. The second kappa shape index (κ2) is 16.0. The second-order valence-electron chi connectivity index (χ2n) is 4.63. The zero-order valence-electron chi connectivity index (χ0n) is 15.4. The van der Waals surface area contributed by atoms with Gasteiger partial charge in [-0.2, -0.15) is 0 Å². The molecule has 2 rings (SSSR count). The number of nitrogens with zero attached hydrogens (tertiary/aromatic N) is 2. The topological polar surface area (TPSA) is 199 Å². The number of rotatable bonds is 5. The van der Waals surface area contributed by atoms with Crippen LogP contribution in [0.5, 0.6) is 0 Å². The zero-order valence-corrected chi connectivity index (χ0v) is 15.4. The van der Waals surface area contributed by atoms with Crippen LogP contribution in [0.1, 0.15) is 19.2 Å². The molecule has 0 radical (unpaired) electrons. The molecule has 29 heavy (non-hydrogen) atoms. The number of carboxylic acids is 3. The molecule has 0 fully saturated rings. The summed E-state index contributed by atoms with van der Waals surface area (Å²) in [7, 11) is 0. The molecule has 12 heteroatoms. The Balaban J connectivity index is 0. The van der Waals surface area contributed by atoms with Gasteiger partial charge in [0, 0.05) is 49.2 Å². The van der Waals surface area contributed by atoms with Gasteiger partial charge in [-0.3, -0.25) is 4.68 Å². The molecule has 0 atom stereocenters. The van der Waals surface area contributed by atoms with E-state index >= 15 is 0 Å². The Labute approximate surface area is 165 Å². The smallest absolute Gasteiger partial charge is 0.338 e. The van der Waals surface area contributed by atoms with Crippen molar-refractivity contribution in [3.63, 3.8) is 0 Å². The van der Waals surface area contributed by atoms with Crippen LogP contribution in [0.3, 0.4) is 0 Å². The fourth-order valence-corrected chi connectivity index (χ4v) is 1.21. The predicted octanol–water partition coefficient (Wildman–Crippen LogP) is 0.144. The Morgan fingerprint density at radius 2 is 1.55 bits per heavy atom. The van der Waals surface area contributed by atoms with E-state index in [1.807, 2.05) is 0 Å². The lowest BCUT2D eigenvalue weighted by molar-refractivity contribution is -0.150. The van der Waals surface area contributed by atoms with E-state index in [0.29, 0.717) is 12.2 Å². The lowest BCUT2D eigenvalue weighted by atomic mass is 10.3. The average molecular weight is 411 g/mol. The molecule has 1 aliphatic rings. The number of ether oxygens (including phenoxy) is 1. The van der Waals surface area contributed by atoms with E-state index in [4.69, 9.17) is 21.2 Å². The van der Waals surface area contributed by atoms with Crippen molar-refractivity contribution in [3.8, 4) is 0 Å². The van der Waals surface area contributed by atoms with Crippen molar-refractivity contribution in [2.45, 2.75) is 19.8 Å². The van der Waals surface area contributed by atoms with Gasteiger partial charge in [0.15, 0.2) is 0 Å². The lowest BCUT2D eigenvalue weighted by Crippen LogP contribution is -2.10. The van der Waals surface area contributed by atoms with Crippen LogP contribution in [0, 0.1) is 0 Å². The zero-order chi connectivity index (χ0) is 22.8. The molecule has 5 N–H and O–H groups in total. The van der Waals surface area contributed by atoms with Crippen LogP contribution < -0.4 is 5.84 Å². The van der Waals surface area contributed by atoms with Crippen molar-refractivity contribution in [1.82, 2.24) is 9.66 Å². The number of esters is 2. The number of nitrogens with two attached hydrogens (primary N) is 1. The molecule has 0 saturated heterocycles. The Morgan fingerprint density at radius 3 is 1.76 bits per heavy atom. The normalized spacial score (nSPS) is 11.1. The highest BCUT2D eigenvalue weighted by Crippen LogP contribution is 1.95. The fourth-order valence-electron chi connectivity index (χ4n) is 1.21. The van der Waals surface area contributed by atoms with Crippen LogP contribution in [-0.2, 0) is 35.1 Å². The first-order chi connectivity index (χ1) is 13.5. The first-order valence-corrected chi connectivity index (χ1v) is 7.73. The molecule has 12 nitrogen and oxygen atoms in total. The molecule has 0 spiro atoms. The molecule has 1 aromatic rings. The summed E-state index contributed by atoms with van der Waals surface area (Å²) in [5.41, 5.74) is 0. The summed E-state index contributed by atoms with van der Waals surface area (Å²) >= 11 is 0. The van der Waals surface area contributed by atoms with E-state index < -0.39 is 29.8 Å². The van der Waals surface area contributed by atoms with Gasteiger partial charge in [-0.05, 0) is 6.42 Å². The molecule has 0 aliphatic carbocycles. The average Bonchev–Trinajstić information content (AvgIpc) is 3.22. The maximum Gasteiger partial charge on any atom is 0.338 e. The van der Waals surface area contributed by atoms with Crippen molar-refractivity contribution in [2.75, 3.05) is 5.84 Å². The fraction of sp³-hybridized carbons (Fsp3) is 0.176. The summed E-state index contributed by atoms with van der Waals surface area (Å²) in [4.78, 5) is 52.2. The molecule has 1 aromatic heterocycles. The van der Waals surface area contributed by atoms with Crippen LogP contribution in [-0.4, -0.2) is 54.8 Å². The highest BCUT2D eigenvalue weighted by molar-refractivity contribution is 6.04. The summed E-state index contributed by atoms with van der Waals surface area (Å²) in [6.07, 6.45) is 9.64.